The van der Waals surface area contributed by atoms with Crippen LogP contribution in [0.3, 0.4) is 0 Å². The van der Waals surface area contributed by atoms with Crippen molar-refractivity contribution in [2.45, 2.75) is 45.4 Å². The van der Waals surface area contributed by atoms with Crippen LogP contribution >= 0.6 is 11.6 Å². The Balaban J connectivity index is 2.68. The number of hydrogen-bond acceptors (Lipinski definition) is 1. The molecule has 1 aromatic rings. The maximum atomic E-state index is 5.81. The third kappa shape index (κ3) is 2.77. The molecule has 0 aliphatic rings. The second kappa shape index (κ2) is 4.19. The zero-order valence-corrected chi connectivity index (χ0v) is 9.32. The summed E-state index contributed by atoms with van der Waals surface area (Å²) in [5.74, 6) is 0.992. The van der Waals surface area contributed by atoms with Crippen molar-refractivity contribution in [1.29, 1.82) is 0 Å². The summed E-state index contributed by atoms with van der Waals surface area (Å²) in [6.07, 6.45) is 5.20. The summed E-state index contributed by atoms with van der Waals surface area (Å²) >= 11 is 5.81. The molecule has 0 N–H and O–H groups in total. The highest BCUT2D eigenvalue weighted by molar-refractivity contribution is 6.30. The highest BCUT2D eigenvalue weighted by Gasteiger charge is 2.23. The summed E-state index contributed by atoms with van der Waals surface area (Å²) < 4.78 is 5.39. The van der Waals surface area contributed by atoms with E-state index in [1.54, 1.807) is 6.26 Å². The van der Waals surface area contributed by atoms with E-state index in [0.29, 0.717) is 5.02 Å². The van der Waals surface area contributed by atoms with Gasteiger partial charge in [0, 0.05) is 5.41 Å². The predicted molar refractivity (Wildman–Crippen MR) is 56.3 cm³/mol. The average Bonchev–Trinajstić information content (AvgIpc) is 2.49. The van der Waals surface area contributed by atoms with E-state index in [1.807, 2.05) is 6.07 Å². The van der Waals surface area contributed by atoms with E-state index >= 15 is 0 Å². The summed E-state index contributed by atoms with van der Waals surface area (Å²) in [5.41, 5.74) is 0.114. The lowest BCUT2D eigenvalue weighted by molar-refractivity contribution is 0.356. The molecule has 0 aliphatic carbocycles. The van der Waals surface area contributed by atoms with Gasteiger partial charge in [-0.1, -0.05) is 45.2 Å². The van der Waals surface area contributed by atoms with Crippen molar-refractivity contribution in [3.8, 4) is 0 Å². The minimum Gasteiger partial charge on any atom is -0.467 e. The van der Waals surface area contributed by atoms with Crippen LogP contribution in [0.25, 0.3) is 0 Å². The minimum absolute atomic E-state index is 0.114. The van der Waals surface area contributed by atoms with Crippen LogP contribution < -0.4 is 0 Å². The molecule has 0 bridgehead atoms. The molecule has 0 radical (unpaired) electrons. The summed E-state index contributed by atoms with van der Waals surface area (Å²) in [4.78, 5) is 0. The van der Waals surface area contributed by atoms with Crippen molar-refractivity contribution in [1.82, 2.24) is 0 Å². The predicted octanol–water partition coefficient (Wildman–Crippen LogP) is 4.40. The van der Waals surface area contributed by atoms with Gasteiger partial charge in [-0.15, -0.1) is 0 Å². The standard InChI is InChI=1S/C11H17ClO/c1-4-5-6-11(2,3)10-7-9(12)8-13-10/h7-8H,4-6H2,1-3H3. The Morgan fingerprint density at radius 3 is 2.62 bits per heavy atom. The van der Waals surface area contributed by atoms with E-state index in [0.717, 1.165) is 12.2 Å². The monoisotopic (exact) mass is 200 g/mol. The fourth-order valence-electron chi connectivity index (χ4n) is 1.41. The number of unbranched alkanes of at least 4 members (excludes halogenated alkanes) is 1. The molecule has 0 aliphatic heterocycles. The van der Waals surface area contributed by atoms with Gasteiger partial charge in [-0.05, 0) is 12.5 Å². The van der Waals surface area contributed by atoms with Gasteiger partial charge in [0.05, 0.1) is 5.02 Å². The molecule has 1 heterocycles. The van der Waals surface area contributed by atoms with Crippen molar-refractivity contribution in [3.63, 3.8) is 0 Å². The molecule has 0 spiro atoms. The van der Waals surface area contributed by atoms with Gasteiger partial charge in [-0.3, -0.25) is 0 Å². The fraction of sp³-hybridized carbons (Fsp3) is 0.636. The summed E-state index contributed by atoms with van der Waals surface area (Å²) in [6, 6.07) is 1.91. The Hall–Kier alpha value is -0.430. The fourth-order valence-corrected chi connectivity index (χ4v) is 1.55. The molecule has 0 atom stereocenters. The number of furan rings is 1. The molecule has 0 unspecified atom stereocenters. The molecule has 1 rings (SSSR count). The van der Waals surface area contributed by atoms with Gasteiger partial charge in [0.1, 0.15) is 12.0 Å². The lowest BCUT2D eigenvalue weighted by Gasteiger charge is -2.21. The first-order valence-electron chi connectivity index (χ1n) is 4.81. The highest BCUT2D eigenvalue weighted by Crippen LogP contribution is 2.31. The molecule has 0 fully saturated rings. The second-order valence-electron chi connectivity index (χ2n) is 4.12. The van der Waals surface area contributed by atoms with E-state index < -0.39 is 0 Å². The summed E-state index contributed by atoms with van der Waals surface area (Å²) in [6.45, 7) is 6.58. The number of rotatable bonds is 4. The Morgan fingerprint density at radius 2 is 2.15 bits per heavy atom. The van der Waals surface area contributed by atoms with E-state index in [1.165, 1.54) is 12.8 Å². The van der Waals surface area contributed by atoms with Gasteiger partial charge < -0.3 is 4.42 Å². The van der Waals surface area contributed by atoms with Crippen LogP contribution in [-0.4, -0.2) is 0 Å². The quantitative estimate of drug-likeness (QED) is 0.702. The number of halogens is 1. The molecule has 2 heteroatoms. The molecule has 13 heavy (non-hydrogen) atoms. The van der Waals surface area contributed by atoms with Gasteiger partial charge in [-0.2, -0.15) is 0 Å². The van der Waals surface area contributed by atoms with Crippen molar-refractivity contribution < 1.29 is 4.42 Å². The Labute approximate surface area is 85.1 Å². The van der Waals surface area contributed by atoms with Gasteiger partial charge in [0.15, 0.2) is 0 Å². The smallest absolute Gasteiger partial charge is 0.110 e. The first-order chi connectivity index (χ1) is 6.06. The van der Waals surface area contributed by atoms with Crippen molar-refractivity contribution in [2.24, 2.45) is 0 Å². The molecule has 0 saturated heterocycles. The zero-order valence-electron chi connectivity index (χ0n) is 8.56. The van der Waals surface area contributed by atoms with E-state index in [2.05, 4.69) is 20.8 Å². The van der Waals surface area contributed by atoms with Crippen LogP contribution in [0, 0.1) is 0 Å². The normalized spacial score (nSPS) is 12.0. The van der Waals surface area contributed by atoms with Crippen molar-refractivity contribution in [3.05, 3.63) is 23.1 Å². The highest BCUT2D eigenvalue weighted by atomic mass is 35.5. The first-order valence-corrected chi connectivity index (χ1v) is 5.18. The second-order valence-corrected chi connectivity index (χ2v) is 4.55. The lowest BCUT2D eigenvalue weighted by Crippen LogP contribution is -2.15. The summed E-state index contributed by atoms with van der Waals surface area (Å²) in [5, 5.41) is 0.694. The van der Waals surface area contributed by atoms with Gasteiger partial charge in [0.2, 0.25) is 0 Å². The Bertz CT molecular complexity index is 263. The van der Waals surface area contributed by atoms with E-state index in [9.17, 15) is 0 Å². The van der Waals surface area contributed by atoms with Crippen LogP contribution in [0.1, 0.15) is 45.8 Å². The maximum absolute atomic E-state index is 5.81. The van der Waals surface area contributed by atoms with E-state index in [-0.39, 0.29) is 5.41 Å². The molecule has 0 aromatic carbocycles. The van der Waals surface area contributed by atoms with E-state index in [4.69, 9.17) is 16.0 Å². The summed E-state index contributed by atoms with van der Waals surface area (Å²) in [7, 11) is 0. The molecule has 74 valence electrons. The van der Waals surface area contributed by atoms with Crippen molar-refractivity contribution in [2.75, 3.05) is 0 Å². The minimum atomic E-state index is 0.114. The maximum Gasteiger partial charge on any atom is 0.110 e. The third-order valence-electron chi connectivity index (χ3n) is 2.39. The lowest BCUT2D eigenvalue weighted by atomic mass is 9.85. The largest absolute Gasteiger partial charge is 0.467 e. The van der Waals surface area contributed by atoms with Gasteiger partial charge in [-0.25, -0.2) is 0 Å². The van der Waals surface area contributed by atoms with Crippen molar-refractivity contribution >= 4 is 11.6 Å². The van der Waals surface area contributed by atoms with Gasteiger partial charge in [0.25, 0.3) is 0 Å². The van der Waals surface area contributed by atoms with Gasteiger partial charge >= 0.3 is 0 Å². The molecule has 1 nitrogen and oxygen atoms in total. The topological polar surface area (TPSA) is 13.1 Å². The van der Waals surface area contributed by atoms with Crippen LogP contribution in [0.5, 0.6) is 0 Å². The molecular weight excluding hydrogens is 184 g/mol. The Kier molecular flexibility index (Phi) is 3.43. The van der Waals surface area contributed by atoms with Crippen LogP contribution in [0.4, 0.5) is 0 Å². The van der Waals surface area contributed by atoms with Crippen LogP contribution in [-0.2, 0) is 5.41 Å². The van der Waals surface area contributed by atoms with Crippen LogP contribution in [0.15, 0.2) is 16.7 Å². The third-order valence-corrected chi connectivity index (χ3v) is 2.59. The van der Waals surface area contributed by atoms with Crippen LogP contribution in [0.2, 0.25) is 5.02 Å². The number of hydrogen-bond donors (Lipinski definition) is 0. The molecule has 0 amide bonds. The average molecular weight is 201 g/mol. The first kappa shape index (κ1) is 10.6. The Morgan fingerprint density at radius 1 is 1.46 bits per heavy atom. The SMILES string of the molecule is CCCCC(C)(C)c1cc(Cl)co1. The zero-order chi connectivity index (χ0) is 9.90. The molecule has 0 saturated carbocycles. The molecule has 1 aromatic heterocycles. The molecular formula is C11H17ClO.